The molecule has 2 aliphatic heterocycles. The number of hydrogen-bond acceptors (Lipinski definition) is 4. The lowest BCUT2D eigenvalue weighted by atomic mass is 9.45. The van der Waals surface area contributed by atoms with Gasteiger partial charge >= 0.3 is 6.85 Å². The van der Waals surface area contributed by atoms with Gasteiger partial charge < -0.3 is 17.7 Å². The molecule has 264 valence electrons. The van der Waals surface area contributed by atoms with E-state index in [2.05, 4.69) is 153 Å². The zero-order valence-corrected chi connectivity index (χ0v) is 31.5. The molecule has 10 aromatic rings. The summed E-state index contributed by atoms with van der Waals surface area (Å²) in [6.07, 6.45) is 2.30. The van der Waals surface area contributed by atoms with E-state index < -0.39 is 0 Å². The van der Waals surface area contributed by atoms with Crippen LogP contribution in [0, 0.1) is 6.92 Å². The van der Waals surface area contributed by atoms with Gasteiger partial charge in [-0.3, -0.25) is 4.90 Å². The number of nitrogens with zero attached hydrogens (tertiary/aromatic N) is 2. The van der Waals surface area contributed by atoms with E-state index in [1.165, 1.54) is 45.2 Å². The molecule has 13 rings (SSSR count). The predicted octanol–water partition coefficient (Wildman–Crippen LogP) is 12.3. The molecule has 4 aromatic heterocycles. The van der Waals surface area contributed by atoms with Crippen LogP contribution in [0.4, 0.5) is 17.3 Å². The fourth-order valence-electron chi connectivity index (χ4n) is 10.8. The van der Waals surface area contributed by atoms with E-state index in [-0.39, 0.29) is 17.7 Å². The van der Waals surface area contributed by atoms with Crippen LogP contribution in [0.25, 0.3) is 77.0 Å². The van der Waals surface area contributed by atoms with Gasteiger partial charge in [0.25, 0.3) is 0 Å². The van der Waals surface area contributed by atoms with Crippen LogP contribution in [-0.2, 0) is 10.8 Å². The number of rotatable bonds is 1. The zero-order valence-electron chi connectivity index (χ0n) is 31.5. The van der Waals surface area contributed by atoms with Crippen LogP contribution < -0.4 is 15.8 Å². The highest BCUT2D eigenvalue weighted by Gasteiger charge is 2.49. The smallest absolute Gasteiger partial charge is 0.337 e. The molecule has 0 N–H and O–H groups in total. The molecule has 6 aromatic carbocycles. The number of aromatic nitrogens is 1. The lowest BCUT2D eigenvalue weighted by Gasteiger charge is -2.43. The number of furan rings is 3. The third-order valence-corrected chi connectivity index (χ3v) is 13.6. The molecular formula is C49H37BN2O3. The van der Waals surface area contributed by atoms with E-state index in [9.17, 15) is 0 Å². The number of fused-ring (bicyclic) bond motifs is 16. The van der Waals surface area contributed by atoms with Crippen molar-refractivity contribution >= 4 is 101 Å². The largest absolute Gasteiger partial charge is 0.454 e. The monoisotopic (exact) mass is 712 g/mol. The highest BCUT2D eigenvalue weighted by molar-refractivity contribution is 6.92. The molecule has 0 atom stereocenters. The predicted molar refractivity (Wildman–Crippen MR) is 227 cm³/mol. The van der Waals surface area contributed by atoms with E-state index in [4.69, 9.17) is 13.3 Å². The average Bonchev–Trinajstić information content (AvgIpc) is 3.94. The summed E-state index contributed by atoms with van der Waals surface area (Å²) in [7, 11) is 0. The quantitative estimate of drug-likeness (QED) is 0.159. The third kappa shape index (κ3) is 3.57. The number of para-hydroxylation sites is 4. The standard InChI is InChI=1S/C49H37BN2O3/c1-26-23-34-35(49(4,5)22-21-48(34,2)3)25-36(26)51-44-40-32(24-33-27-13-6-9-18-37(27)53-46(33)44)28-16-12-17-31-42(28)52(43-30-15-8-11-20-39(30)54-45(31)43)50(40)41-29-14-7-10-19-38(29)55-47(41)51/h6-20,23-25H,21-22H2,1-5H3. The summed E-state index contributed by atoms with van der Waals surface area (Å²) in [4.78, 5) is 2.43. The Labute approximate surface area is 317 Å². The molecule has 6 heteroatoms. The molecule has 0 spiro atoms. The Hall–Kier alpha value is -6.14. The SMILES string of the molecule is Cc1cc2c(cc1N1c3oc4ccccc4c3B3c4c(cc5c(oc6ccccc65)c41)-c1cccc4c5oc6ccccc6c5n3c14)C(C)(C)CCC2(C)C. The van der Waals surface area contributed by atoms with Crippen LogP contribution in [0.15, 0.2) is 122 Å². The highest BCUT2D eigenvalue weighted by Crippen LogP contribution is 2.54. The molecule has 0 radical (unpaired) electrons. The molecule has 3 aliphatic rings. The Bertz CT molecular complexity index is 3370. The first-order valence-electron chi connectivity index (χ1n) is 19.6. The van der Waals surface area contributed by atoms with Crippen LogP contribution >= 0.6 is 0 Å². The van der Waals surface area contributed by atoms with E-state index in [1.54, 1.807) is 0 Å². The van der Waals surface area contributed by atoms with Gasteiger partial charge in [0.1, 0.15) is 16.7 Å². The van der Waals surface area contributed by atoms with Crippen molar-refractivity contribution in [3.8, 4) is 11.1 Å². The maximum absolute atomic E-state index is 7.21. The fourth-order valence-corrected chi connectivity index (χ4v) is 10.8. The van der Waals surface area contributed by atoms with Gasteiger partial charge in [-0.15, -0.1) is 0 Å². The van der Waals surface area contributed by atoms with Gasteiger partial charge in [0, 0.05) is 43.5 Å². The average molecular weight is 713 g/mol. The number of anilines is 3. The second-order valence-corrected chi connectivity index (χ2v) is 17.5. The van der Waals surface area contributed by atoms with Crippen molar-refractivity contribution in [3.63, 3.8) is 0 Å². The Balaban J connectivity index is 1.26. The first kappa shape index (κ1) is 30.2. The summed E-state index contributed by atoms with van der Waals surface area (Å²) >= 11 is 0. The zero-order chi connectivity index (χ0) is 36.7. The van der Waals surface area contributed by atoms with E-state index in [0.29, 0.717) is 0 Å². The van der Waals surface area contributed by atoms with E-state index >= 15 is 0 Å². The number of aryl methyl sites for hydroxylation is 1. The van der Waals surface area contributed by atoms with Crippen LogP contribution in [0.3, 0.4) is 0 Å². The summed E-state index contributed by atoms with van der Waals surface area (Å²) in [5.74, 6) is 0.843. The second kappa shape index (κ2) is 9.74. The van der Waals surface area contributed by atoms with Crippen molar-refractivity contribution in [3.05, 3.63) is 126 Å². The van der Waals surface area contributed by atoms with Gasteiger partial charge in [0.15, 0.2) is 11.2 Å². The van der Waals surface area contributed by atoms with E-state index in [1.807, 2.05) is 0 Å². The van der Waals surface area contributed by atoms with E-state index in [0.717, 1.165) is 89.5 Å². The third-order valence-electron chi connectivity index (χ3n) is 13.6. The van der Waals surface area contributed by atoms with Crippen molar-refractivity contribution in [2.45, 2.75) is 58.3 Å². The Morgan fingerprint density at radius 2 is 1.16 bits per heavy atom. The minimum absolute atomic E-state index is 0.0246. The van der Waals surface area contributed by atoms with Crippen LogP contribution in [0.2, 0.25) is 0 Å². The van der Waals surface area contributed by atoms with Gasteiger partial charge in [-0.1, -0.05) is 94.4 Å². The maximum Gasteiger partial charge on any atom is 0.337 e. The lowest BCUT2D eigenvalue weighted by molar-refractivity contribution is 0.332. The van der Waals surface area contributed by atoms with Crippen LogP contribution in [0.1, 0.15) is 57.2 Å². The molecule has 0 amide bonds. The van der Waals surface area contributed by atoms with Crippen molar-refractivity contribution in [1.82, 2.24) is 4.48 Å². The van der Waals surface area contributed by atoms with Crippen molar-refractivity contribution in [1.29, 1.82) is 0 Å². The Morgan fingerprint density at radius 1 is 0.545 bits per heavy atom. The minimum atomic E-state index is -0.207. The maximum atomic E-state index is 7.21. The van der Waals surface area contributed by atoms with Gasteiger partial charge in [-0.2, -0.15) is 0 Å². The molecule has 6 heterocycles. The molecular weight excluding hydrogens is 675 g/mol. The molecule has 0 saturated carbocycles. The van der Waals surface area contributed by atoms with Gasteiger partial charge in [-0.05, 0) is 101 Å². The van der Waals surface area contributed by atoms with Gasteiger partial charge in [0.2, 0.25) is 5.88 Å². The van der Waals surface area contributed by atoms with Crippen LogP contribution in [-0.4, -0.2) is 11.3 Å². The minimum Gasteiger partial charge on any atom is -0.454 e. The Kier molecular flexibility index (Phi) is 5.35. The first-order valence-corrected chi connectivity index (χ1v) is 19.6. The van der Waals surface area contributed by atoms with Crippen molar-refractivity contribution in [2.75, 3.05) is 4.90 Å². The van der Waals surface area contributed by atoms with Gasteiger partial charge in [-0.25, -0.2) is 0 Å². The second-order valence-electron chi connectivity index (χ2n) is 17.5. The molecule has 0 saturated heterocycles. The first-order chi connectivity index (χ1) is 26.7. The fraction of sp³-hybridized carbons (Fsp3) is 0.184. The summed E-state index contributed by atoms with van der Waals surface area (Å²) < 4.78 is 23.6. The normalized spacial score (nSPS) is 16.5. The number of benzene rings is 6. The summed E-state index contributed by atoms with van der Waals surface area (Å²) in [5.41, 5.74) is 18.0. The summed E-state index contributed by atoms with van der Waals surface area (Å²) in [5, 5.41) is 5.58. The summed E-state index contributed by atoms with van der Waals surface area (Å²) in [6, 6.07) is 39.6. The molecule has 0 unspecified atom stereocenters. The Morgan fingerprint density at radius 3 is 1.93 bits per heavy atom. The molecule has 0 bridgehead atoms. The lowest BCUT2D eigenvalue weighted by Crippen LogP contribution is -2.56. The number of hydrogen-bond donors (Lipinski definition) is 0. The van der Waals surface area contributed by atoms with Crippen molar-refractivity contribution < 1.29 is 13.3 Å². The molecule has 1 aliphatic carbocycles. The van der Waals surface area contributed by atoms with Crippen LogP contribution in [0.5, 0.6) is 0 Å². The van der Waals surface area contributed by atoms with Gasteiger partial charge in [0.05, 0.1) is 16.9 Å². The van der Waals surface area contributed by atoms with Crippen molar-refractivity contribution in [2.24, 2.45) is 0 Å². The molecule has 55 heavy (non-hydrogen) atoms. The summed E-state index contributed by atoms with van der Waals surface area (Å²) in [6.45, 7) is 11.7. The topological polar surface area (TPSA) is 47.6 Å². The molecule has 5 nitrogen and oxygen atoms in total. The molecule has 0 fully saturated rings. The highest BCUT2D eigenvalue weighted by atomic mass is 16.4.